The van der Waals surface area contributed by atoms with Crippen LogP contribution in [-0.2, 0) is 6.18 Å². The van der Waals surface area contributed by atoms with E-state index in [0.717, 1.165) is 11.8 Å². The molecule has 0 saturated carbocycles. The van der Waals surface area contributed by atoms with E-state index >= 15 is 0 Å². The molecular formula is C21H19ClF4N4O. The summed E-state index contributed by atoms with van der Waals surface area (Å²) in [6.07, 6.45) is -4.23. The van der Waals surface area contributed by atoms with E-state index in [-0.39, 0.29) is 17.4 Å². The smallest absolute Gasteiger partial charge is 0.327 e. The highest BCUT2D eigenvalue weighted by atomic mass is 35.5. The summed E-state index contributed by atoms with van der Waals surface area (Å²) in [7, 11) is 0. The Morgan fingerprint density at radius 3 is 2.45 bits per heavy atom. The van der Waals surface area contributed by atoms with Crippen LogP contribution in [0, 0.1) is 5.82 Å². The first-order chi connectivity index (χ1) is 14.6. The van der Waals surface area contributed by atoms with Crippen LogP contribution in [0.3, 0.4) is 0 Å². The van der Waals surface area contributed by atoms with E-state index in [9.17, 15) is 22.4 Å². The van der Waals surface area contributed by atoms with Crippen LogP contribution in [0.1, 0.15) is 36.2 Å². The molecule has 0 spiro atoms. The molecule has 2 aromatic carbocycles. The van der Waals surface area contributed by atoms with Crippen LogP contribution in [0.4, 0.5) is 23.2 Å². The molecule has 4 rings (SSSR count). The molecule has 0 fully saturated rings. The van der Waals surface area contributed by atoms with Gasteiger partial charge in [0.05, 0.1) is 39.3 Å². The van der Waals surface area contributed by atoms with Gasteiger partial charge in [0.25, 0.3) is 5.91 Å². The van der Waals surface area contributed by atoms with E-state index in [1.165, 1.54) is 29.2 Å². The van der Waals surface area contributed by atoms with E-state index in [1.54, 1.807) is 24.1 Å². The minimum Gasteiger partial charge on any atom is -0.327 e. The van der Waals surface area contributed by atoms with E-state index in [0.29, 0.717) is 17.8 Å². The molecular weight excluding hydrogens is 436 g/mol. The molecule has 2 aliphatic rings. The number of hydrogen-bond donors (Lipinski definition) is 2. The minimum atomic E-state index is -4.66. The summed E-state index contributed by atoms with van der Waals surface area (Å²) in [6.45, 7) is 3.61. The predicted molar refractivity (Wildman–Crippen MR) is 108 cm³/mol. The van der Waals surface area contributed by atoms with Crippen LogP contribution in [0.2, 0.25) is 5.02 Å². The molecule has 0 bridgehead atoms. The van der Waals surface area contributed by atoms with Crippen molar-refractivity contribution in [2.24, 2.45) is 0 Å². The number of nitrogens with one attached hydrogen (secondary N) is 2. The Bertz CT molecular complexity index is 1050. The van der Waals surface area contributed by atoms with Crippen molar-refractivity contribution in [3.8, 4) is 0 Å². The van der Waals surface area contributed by atoms with Crippen molar-refractivity contribution in [3.05, 3.63) is 75.8 Å². The van der Waals surface area contributed by atoms with Crippen molar-refractivity contribution in [1.29, 1.82) is 0 Å². The molecule has 0 radical (unpaired) electrons. The van der Waals surface area contributed by atoms with E-state index in [2.05, 4.69) is 11.0 Å². The lowest BCUT2D eigenvalue weighted by Gasteiger charge is -2.40. The van der Waals surface area contributed by atoms with Crippen molar-refractivity contribution < 1.29 is 22.4 Å². The lowest BCUT2D eigenvalue weighted by atomic mass is 9.96. The van der Waals surface area contributed by atoms with Crippen LogP contribution in [0.25, 0.3) is 0 Å². The van der Waals surface area contributed by atoms with Gasteiger partial charge in [-0.3, -0.25) is 9.80 Å². The molecule has 164 valence electrons. The summed E-state index contributed by atoms with van der Waals surface area (Å²) in [5, 5.41) is 1.16. The molecule has 0 aromatic heterocycles. The Labute approximate surface area is 181 Å². The Balaban J connectivity index is 1.66. The average Bonchev–Trinajstić information content (AvgIpc) is 3.11. The molecule has 0 unspecified atom stereocenters. The maximum atomic E-state index is 13.3. The van der Waals surface area contributed by atoms with E-state index in [4.69, 9.17) is 11.6 Å². The Hall–Kier alpha value is -2.78. The Morgan fingerprint density at radius 2 is 1.81 bits per heavy atom. The molecule has 2 aromatic rings. The number of anilines is 1. The average molecular weight is 455 g/mol. The highest BCUT2D eigenvalue weighted by Crippen LogP contribution is 2.39. The number of hydrazine groups is 2. The van der Waals surface area contributed by atoms with Gasteiger partial charge in [-0.15, -0.1) is 5.53 Å². The number of alkyl halides is 3. The molecule has 1 amide bonds. The van der Waals surface area contributed by atoms with Gasteiger partial charge in [0.15, 0.2) is 0 Å². The zero-order chi connectivity index (χ0) is 22.5. The van der Waals surface area contributed by atoms with Crippen LogP contribution in [-0.4, -0.2) is 22.9 Å². The summed E-state index contributed by atoms with van der Waals surface area (Å²) in [6, 6.07) is 8.47. The van der Waals surface area contributed by atoms with Crippen molar-refractivity contribution in [1.82, 2.24) is 15.9 Å². The standard InChI is InChI=1S/C21H19ClF4N4O/c1-11-10-17-19(27-28-30(17)14-8-6-13(23)7-9-14)12(2)29(11)20(31)15-4-3-5-16(18(15)22)21(24,25)26/h3-9,11-12,27-28H,10H2,1-2H3/t11-,12-/m1/s1. The SMILES string of the molecule is C[C@@H]1CC2=C(NNN2c2ccc(F)cc2)[C@@H](C)N1C(=O)c1cccc(C(F)(F)F)c1Cl. The first kappa shape index (κ1) is 21.5. The summed E-state index contributed by atoms with van der Waals surface area (Å²) in [5.41, 5.74) is 7.08. The third kappa shape index (κ3) is 3.72. The van der Waals surface area contributed by atoms with Gasteiger partial charge in [0, 0.05) is 12.5 Å². The number of benzene rings is 2. The predicted octanol–water partition coefficient (Wildman–Crippen LogP) is 4.86. The van der Waals surface area contributed by atoms with Crippen LogP contribution in [0.15, 0.2) is 53.9 Å². The highest BCUT2D eigenvalue weighted by molar-refractivity contribution is 6.34. The van der Waals surface area contributed by atoms with Crippen LogP contribution in [0.5, 0.6) is 0 Å². The molecule has 2 aliphatic heterocycles. The fourth-order valence-corrected chi connectivity index (χ4v) is 4.38. The quantitative estimate of drug-likeness (QED) is 0.636. The third-order valence-corrected chi connectivity index (χ3v) is 5.94. The minimum absolute atomic E-state index is 0.194. The second kappa shape index (κ2) is 7.72. The zero-order valence-electron chi connectivity index (χ0n) is 16.6. The topological polar surface area (TPSA) is 47.6 Å². The van der Waals surface area contributed by atoms with Gasteiger partial charge in [0.1, 0.15) is 5.82 Å². The number of nitrogens with zero attached hydrogens (tertiary/aromatic N) is 2. The monoisotopic (exact) mass is 454 g/mol. The number of carbonyl (C=O) groups excluding carboxylic acids is 1. The number of hydrogen-bond acceptors (Lipinski definition) is 4. The molecule has 2 N–H and O–H groups in total. The summed E-state index contributed by atoms with van der Waals surface area (Å²) < 4.78 is 53.0. The maximum absolute atomic E-state index is 13.3. The second-order valence-electron chi connectivity index (χ2n) is 7.52. The number of carbonyl (C=O) groups is 1. The lowest BCUT2D eigenvalue weighted by Crippen LogP contribution is -2.50. The Kier molecular flexibility index (Phi) is 5.35. The van der Waals surface area contributed by atoms with Gasteiger partial charge >= 0.3 is 6.18 Å². The first-order valence-corrected chi connectivity index (χ1v) is 9.96. The van der Waals surface area contributed by atoms with Crippen LogP contribution < -0.4 is 16.0 Å². The number of amides is 1. The molecule has 0 saturated heterocycles. The summed E-state index contributed by atoms with van der Waals surface area (Å²) >= 11 is 5.98. The van der Waals surface area contributed by atoms with Crippen molar-refractivity contribution in [3.63, 3.8) is 0 Å². The van der Waals surface area contributed by atoms with Crippen molar-refractivity contribution in [2.75, 3.05) is 5.01 Å². The summed E-state index contributed by atoms with van der Waals surface area (Å²) in [5.74, 6) is -0.935. The maximum Gasteiger partial charge on any atom is 0.417 e. The van der Waals surface area contributed by atoms with Crippen molar-refractivity contribution >= 4 is 23.2 Å². The molecule has 2 heterocycles. The van der Waals surface area contributed by atoms with Gasteiger partial charge in [0.2, 0.25) is 0 Å². The fourth-order valence-electron chi connectivity index (χ4n) is 4.06. The van der Waals surface area contributed by atoms with Gasteiger partial charge in [-0.05, 0) is 50.2 Å². The van der Waals surface area contributed by atoms with Crippen molar-refractivity contribution in [2.45, 2.75) is 38.5 Å². The van der Waals surface area contributed by atoms with Gasteiger partial charge in [-0.2, -0.15) is 13.2 Å². The largest absolute Gasteiger partial charge is 0.417 e. The molecule has 2 atom stereocenters. The molecule has 10 heteroatoms. The lowest BCUT2D eigenvalue weighted by molar-refractivity contribution is -0.137. The fraction of sp³-hybridized carbons (Fsp3) is 0.286. The highest BCUT2D eigenvalue weighted by Gasteiger charge is 2.41. The van der Waals surface area contributed by atoms with Crippen LogP contribution >= 0.6 is 11.6 Å². The van der Waals surface area contributed by atoms with Gasteiger partial charge in [-0.1, -0.05) is 17.7 Å². The normalized spacial score (nSPS) is 21.3. The van der Waals surface area contributed by atoms with Gasteiger partial charge < -0.3 is 10.3 Å². The first-order valence-electron chi connectivity index (χ1n) is 9.58. The number of rotatable bonds is 2. The number of halogens is 5. The Morgan fingerprint density at radius 1 is 1.13 bits per heavy atom. The van der Waals surface area contributed by atoms with E-state index < -0.39 is 28.7 Å². The molecule has 31 heavy (non-hydrogen) atoms. The zero-order valence-corrected chi connectivity index (χ0v) is 17.4. The third-order valence-electron chi connectivity index (χ3n) is 5.54. The van der Waals surface area contributed by atoms with E-state index in [1.807, 2.05) is 6.92 Å². The molecule has 0 aliphatic carbocycles. The second-order valence-corrected chi connectivity index (χ2v) is 7.89. The van der Waals surface area contributed by atoms with Gasteiger partial charge in [-0.25, -0.2) is 4.39 Å². The summed E-state index contributed by atoms with van der Waals surface area (Å²) in [4.78, 5) is 14.8. The molecule has 5 nitrogen and oxygen atoms in total.